The Hall–Kier alpha value is -1.67. The number of hydrogen-bond donors (Lipinski definition) is 2. The fraction of sp³-hybridized carbons (Fsp3) is 0.364. The molecule has 0 saturated heterocycles. The molecule has 6 nitrogen and oxygen atoms in total. The molecule has 106 valence electrons. The lowest BCUT2D eigenvalue weighted by atomic mass is 10.2. The van der Waals surface area contributed by atoms with Gasteiger partial charge in [-0.05, 0) is 19.1 Å². The Bertz CT molecular complexity index is 601. The summed E-state index contributed by atoms with van der Waals surface area (Å²) in [6, 6.07) is 2.22. The van der Waals surface area contributed by atoms with Crippen molar-refractivity contribution in [1.82, 2.24) is 9.62 Å². The molecule has 8 heteroatoms. The molecule has 0 aromatic heterocycles. The minimum absolute atomic E-state index is 0.00928. The number of hydrogen-bond acceptors (Lipinski definition) is 4. The third-order valence-corrected chi connectivity index (χ3v) is 4.58. The van der Waals surface area contributed by atoms with Crippen molar-refractivity contribution in [1.29, 1.82) is 0 Å². The first-order chi connectivity index (χ1) is 8.70. The molecule has 1 aromatic carbocycles. The van der Waals surface area contributed by atoms with Gasteiger partial charge in [-0.2, -0.15) is 4.31 Å². The van der Waals surface area contributed by atoms with Gasteiger partial charge in [-0.3, -0.25) is 4.79 Å². The summed E-state index contributed by atoms with van der Waals surface area (Å²) in [5.74, 6) is -1.17. The summed E-state index contributed by atoms with van der Waals surface area (Å²) in [4.78, 5) is 11.0. The lowest BCUT2D eigenvalue weighted by molar-refractivity contribution is -0.120. The molecule has 0 aliphatic heterocycles. The second-order valence-corrected chi connectivity index (χ2v) is 6.07. The van der Waals surface area contributed by atoms with Crippen LogP contribution in [-0.4, -0.2) is 39.3 Å². The summed E-state index contributed by atoms with van der Waals surface area (Å²) in [5.41, 5.74) is 5.43. The molecule has 0 atom stereocenters. The van der Waals surface area contributed by atoms with Gasteiger partial charge in [0.2, 0.25) is 15.9 Å². The summed E-state index contributed by atoms with van der Waals surface area (Å²) in [6.45, 7) is 0.990. The van der Waals surface area contributed by atoms with Crippen molar-refractivity contribution in [3.05, 3.63) is 23.5 Å². The Morgan fingerprint density at radius 3 is 2.58 bits per heavy atom. The van der Waals surface area contributed by atoms with E-state index < -0.39 is 21.7 Å². The van der Waals surface area contributed by atoms with Crippen LogP contribution >= 0.6 is 0 Å². The lowest BCUT2D eigenvalue weighted by Crippen LogP contribution is -2.37. The van der Waals surface area contributed by atoms with Crippen LogP contribution in [0.2, 0.25) is 0 Å². The molecule has 0 spiro atoms. The number of amides is 1. The zero-order valence-electron chi connectivity index (χ0n) is 10.9. The Labute approximate surface area is 111 Å². The number of likely N-dealkylation sites (N-methyl/N-ethyl adjacent to an activating group) is 2. The van der Waals surface area contributed by atoms with Gasteiger partial charge in [0.1, 0.15) is 5.82 Å². The van der Waals surface area contributed by atoms with Gasteiger partial charge in [0.15, 0.2) is 0 Å². The summed E-state index contributed by atoms with van der Waals surface area (Å²) < 4.78 is 38.8. The molecule has 1 aromatic rings. The summed E-state index contributed by atoms with van der Waals surface area (Å²) in [5, 5.41) is 2.31. The monoisotopic (exact) mass is 289 g/mol. The fourth-order valence-electron chi connectivity index (χ4n) is 1.48. The van der Waals surface area contributed by atoms with Gasteiger partial charge in [-0.1, -0.05) is 0 Å². The number of nitrogens with one attached hydrogen (secondary N) is 1. The van der Waals surface area contributed by atoms with E-state index in [4.69, 9.17) is 5.73 Å². The largest absolute Gasteiger partial charge is 0.399 e. The highest BCUT2D eigenvalue weighted by molar-refractivity contribution is 7.89. The smallest absolute Gasteiger partial charge is 0.243 e. The van der Waals surface area contributed by atoms with Crippen molar-refractivity contribution in [3.8, 4) is 0 Å². The number of rotatable bonds is 4. The highest BCUT2D eigenvalue weighted by Crippen LogP contribution is 2.24. The number of nitrogen functional groups attached to an aromatic ring is 1. The summed E-state index contributed by atoms with van der Waals surface area (Å²) >= 11 is 0. The van der Waals surface area contributed by atoms with Crippen molar-refractivity contribution in [2.75, 3.05) is 26.4 Å². The maximum Gasteiger partial charge on any atom is 0.243 e. The second-order valence-electron chi connectivity index (χ2n) is 4.06. The van der Waals surface area contributed by atoms with Gasteiger partial charge in [-0.15, -0.1) is 0 Å². The molecule has 0 aliphatic carbocycles. The van der Waals surface area contributed by atoms with E-state index >= 15 is 0 Å². The van der Waals surface area contributed by atoms with Crippen molar-refractivity contribution in [2.24, 2.45) is 0 Å². The van der Waals surface area contributed by atoms with Crippen LogP contribution in [0.5, 0.6) is 0 Å². The number of nitrogens with two attached hydrogens (primary N) is 1. The highest BCUT2D eigenvalue weighted by Gasteiger charge is 2.26. The van der Waals surface area contributed by atoms with Gasteiger partial charge in [-0.25, -0.2) is 12.8 Å². The number of halogens is 1. The normalized spacial score (nSPS) is 11.6. The zero-order valence-corrected chi connectivity index (χ0v) is 11.7. The topological polar surface area (TPSA) is 92.5 Å². The van der Waals surface area contributed by atoms with Gasteiger partial charge in [0.25, 0.3) is 0 Å². The van der Waals surface area contributed by atoms with E-state index in [9.17, 15) is 17.6 Å². The number of carbonyl (C=O) groups excluding carboxylic acids is 1. The Morgan fingerprint density at radius 1 is 1.47 bits per heavy atom. The van der Waals surface area contributed by atoms with Crippen molar-refractivity contribution < 1.29 is 17.6 Å². The highest BCUT2D eigenvalue weighted by atomic mass is 32.2. The quantitative estimate of drug-likeness (QED) is 0.768. The number of anilines is 1. The van der Waals surface area contributed by atoms with Gasteiger partial charge < -0.3 is 11.1 Å². The average Bonchev–Trinajstić information content (AvgIpc) is 2.33. The summed E-state index contributed by atoms with van der Waals surface area (Å²) in [6.07, 6.45) is 0. The van der Waals surface area contributed by atoms with E-state index in [1.54, 1.807) is 0 Å². The lowest BCUT2D eigenvalue weighted by Gasteiger charge is -2.18. The number of nitrogens with zero attached hydrogens (tertiary/aromatic N) is 1. The van der Waals surface area contributed by atoms with Crippen molar-refractivity contribution in [3.63, 3.8) is 0 Å². The first kappa shape index (κ1) is 15.4. The van der Waals surface area contributed by atoms with E-state index in [-0.39, 0.29) is 22.7 Å². The molecule has 1 rings (SSSR count). The average molecular weight is 289 g/mol. The molecular weight excluding hydrogens is 273 g/mol. The van der Waals surface area contributed by atoms with Gasteiger partial charge in [0.05, 0.1) is 11.4 Å². The standard InChI is InChI=1S/C11H16FN3O3S/c1-7-9(12)4-8(13)5-10(7)19(17,18)15(3)6-11(16)14-2/h4-5H,6,13H2,1-3H3,(H,14,16). The van der Waals surface area contributed by atoms with Crippen LogP contribution in [0.4, 0.5) is 10.1 Å². The van der Waals surface area contributed by atoms with E-state index in [1.807, 2.05) is 0 Å². The Kier molecular flexibility index (Phi) is 4.48. The van der Waals surface area contributed by atoms with E-state index in [1.165, 1.54) is 27.1 Å². The minimum atomic E-state index is -3.97. The SMILES string of the molecule is CNC(=O)CN(C)S(=O)(=O)c1cc(N)cc(F)c1C. The van der Waals surface area contributed by atoms with Crippen LogP contribution in [-0.2, 0) is 14.8 Å². The Morgan fingerprint density at radius 2 is 2.05 bits per heavy atom. The second kappa shape index (κ2) is 5.54. The fourth-order valence-corrected chi connectivity index (χ4v) is 2.87. The van der Waals surface area contributed by atoms with E-state index in [0.717, 1.165) is 10.4 Å². The molecule has 0 fully saturated rings. The molecule has 0 unspecified atom stereocenters. The van der Waals surface area contributed by atoms with Crippen LogP contribution in [0, 0.1) is 12.7 Å². The molecule has 0 radical (unpaired) electrons. The first-order valence-corrected chi connectivity index (χ1v) is 6.86. The summed E-state index contributed by atoms with van der Waals surface area (Å²) in [7, 11) is -1.33. The van der Waals surface area contributed by atoms with Crippen LogP contribution in [0.1, 0.15) is 5.56 Å². The Balaban J connectivity index is 3.24. The van der Waals surface area contributed by atoms with Gasteiger partial charge >= 0.3 is 0 Å². The molecule has 0 heterocycles. The third-order valence-electron chi connectivity index (χ3n) is 2.65. The van der Waals surface area contributed by atoms with Gasteiger partial charge in [0, 0.05) is 25.3 Å². The van der Waals surface area contributed by atoms with Crippen molar-refractivity contribution in [2.45, 2.75) is 11.8 Å². The maximum atomic E-state index is 13.5. The van der Waals surface area contributed by atoms with Crippen LogP contribution in [0.15, 0.2) is 17.0 Å². The van der Waals surface area contributed by atoms with Crippen molar-refractivity contribution >= 4 is 21.6 Å². The number of benzene rings is 1. The van der Waals surface area contributed by atoms with E-state index in [2.05, 4.69) is 5.32 Å². The molecule has 0 bridgehead atoms. The first-order valence-electron chi connectivity index (χ1n) is 5.42. The van der Waals surface area contributed by atoms with Crippen LogP contribution in [0.25, 0.3) is 0 Å². The maximum absolute atomic E-state index is 13.5. The van der Waals surface area contributed by atoms with Crippen LogP contribution < -0.4 is 11.1 Å². The molecule has 19 heavy (non-hydrogen) atoms. The molecule has 0 aliphatic rings. The zero-order chi connectivity index (χ0) is 14.8. The van der Waals surface area contributed by atoms with Crippen LogP contribution in [0.3, 0.4) is 0 Å². The minimum Gasteiger partial charge on any atom is -0.399 e. The van der Waals surface area contributed by atoms with E-state index in [0.29, 0.717) is 0 Å². The molecule has 3 N–H and O–H groups in total. The third kappa shape index (κ3) is 3.21. The predicted octanol–water partition coefficient (Wildman–Crippen LogP) is 0.0828. The molecular formula is C11H16FN3O3S. The number of sulfonamides is 1. The molecule has 0 saturated carbocycles. The molecule has 1 amide bonds. The number of carbonyl (C=O) groups is 1. The predicted molar refractivity (Wildman–Crippen MR) is 69.4 cm³/mol.